The molecule has 2 aromatic rings. The van der Waals surface area contributed by atoms with Gasteiger partial charge in [-0.2, -0.15) is 0 Å². The topological polar surface area (TPSA) is 74.0 Å². The van der Waals surface area contributed by atoms with Gasteiger partial charge in [0.2, 0.25) is 5.91 Å². The summed E-state index contributed by atoms with van der Waals surface area (Å²) in [6.45, 7) is 5.07. The lowest BCUT2D eigenvalue weighted by Crippen LogP contribution is -2.51. The summed E-state index contributed by atoms with van der Waals surface area (Å²) >= 11 is 0. The van der Waals surface area contributed by atoms with Crippen LogP contribution in [0.1, 0.15) is 12.5 Å². The highest BCUT2D eigenvalue weighted by Gasteiger charge is 2.18. The summed E-state index contributed by atoms with van der Waals surface area (Å²) in [4.78, 5) is 19.9. The summed E-state index contributed by atoms with van der Waals surface area (Å²) < 4.78 is 13.1. The van der Waals surface area contributed by atoms with Crippen LogP contribution in [0.3, 0.4) is 0 Å². The third-order valence-corrected chi connectivity index (χ3v) is 4.47. The first-order chi connectivity index (χ1) is 13.0. The van der Waals surface area contributed by atoms with Crippen LogP contribution in [0, 0.1) is 5.82 Å². The van der Waals surface area contributed by atoms with Crippen LogP contribution >= 0.6 is 0 Å². The van der Waals surface area contributed by atoms with Crippen molar-refractivity contribution in [1.29, 1.82) is 0 Å². The van der Waals surface area contributed by atoms with Crippen LogP contribution in [-0.2, 0) is 11.3 Å². The second-order valence-corrected chi connectivity index (χ2v) is 6.51. The number of rotatable bonds is 4. The van der Waals surface area contributed by atoms with Crippen LogP contribution in [-0.4, -0.2) is 42.9 Å². The number of anilines is 2. The molecule has 0 aromatic heterocycles. The monoisotopic (exact) mass is 369 g/mol. The Morgan fingerprint density at radius 3 is 2.52 bits per heavy atom. The number of nitrogens with one attached hydrogen (secondary N) is 1. The number of nitrogens with two attached hydrogens (primary N) is 1. The van der Waals surface area contributed by atoms with Gasteiger partial charge in [0.15, 0.2) is 5.96 Å². The third kappa shape index (κ3) is 5.20. The molecule has 3 N–H and O–H groups in total. The first kappa shape index (κ1) is 18.7. The molecule has 0 bridgehead atoms. The molecule has 0 atom stereocenters. The fraction of sp³-hybridized carbons (Fsp3) is 0.300. The van der Waals surface area contributed by atoms with E-state index in [0.717, 1.165) is 43.1 Å². The van der Waals surface area contributed by atoms with Gasteiger partial charge in [0.1, 0.15) is 5.82 Å². The predicted molar refractivity (Wildman–Crippen MR) is 106 cm³/mol. The van der Waals surface area contributed by atoms with E-state index in [1.54, 1.807) is 12.1 Å². The molecule has 1 fully saturated rings. The fourth-order valence-corrected chi connectivity index (χ4v) is 3.07. The Labute approximate surface area is 158 Å². The van der Waals surface area contributed by atoms with E-state index in [1.807, 2.05) is 24.3 Å². The van der Waals surface area contributed by atoms with Gasteiger partial charge in [0.05, 0.1) is 6.54 Å². The van der Waals surface area contributed by atoms with Gasteiger partial charge in [-0.1, -0.05) is 12.1 Å². The lowest BCUT2D eigenvalue weighted by molar-refractivity contribution is -0.114. The molecule has 0 aliphatic carbocycles. The number of amides is 1. The molecule has 3 rings (SSSR count). The van der Waals surface area contributed by atoms with Gasteiger partial charge < -0.3 is 20.9 Å². The number of hydrogen-bond acceptors (Lipinski definition) is 3. The Morgan fingerprint density at radius 2 is 1.85 bits per heavy atom. The van der Waals surface area contributed by atoms with E-state index < -0.39 is 0 Å². The Hall–Kier alpha value is -3.09. The Balaban J connectivity index is 1.55. The number of hydrogen-bond donors (Lipinski definition) is 2. The van der Waals surface area contributed by atoms with Crippen molar-refractivity contribution in [2.75, 3.05) is 36.4 Å². The molecular formula is C20H24FN5O. The highest BCUT2D eigenvalue weighted by molar-refractivity contribution is 5.88. The number of benzene rings is 2. The quantitative estimate of drug-likeness (QED) is 0.641. The van der Waals surface area contributed by atoms with E-state index in [4.69, 9.17) is 5.73 Å². The maximum atomic E-state index is 13.1. The van der Waals surface area contributed by atoms with Crippen molar-refractivity contribution in [3.8, 4) is 0 Å². The lowest BCUT2D eigenvalue weighted by atomic mass is 10.2. The molecule has 1 heterocycles. The number of piperazine rings is 1. The molecule has 0 saturated carbocycles. The minimum absolute atomic E-state index is 0.103. The van der Waals surface area contributed by atoms with E-state index >= 15 is 0 Å². The standard InChI is InChI=1S/C20H24FN5O/c1-15(27)24-18-4-2-3-16(13-18)14-23-20(22)26-11-9-25(10-12-26)19-7-5-17(21)6-8-19/h2-8,13H,9-12,14H2,1H3,(H2,22,23)(H,24,27). The van der Waals surface area contributed by atoms with Crippen molar-refractivity contribution >= 4 is 23.2 Å². The smallest absolute Gasteiger partial charge is 0.221 e. The molecule has 7 heteroatoms. The molecule has 142 valence electrons. The van der Waals surface area contributed by atoms with E-state index in [1.165, 1.54) is 19.1 Å². The molecule has 1 aliphatic heterocycles. The van der Waals surface area contributed by atoms with Crippen LogP contribution in [0.5, 0.6) is 0 Å². The molecule has 1 saturated heterocycles. The molecule has 0 radical (unpaired) electrons. The van der Waals surface area contributed by atoms with Crippen molar-refractivity contribution < 1.29 is 9.18 Å². The van der Waals surface area contributed by atoms with Crippen molar-refractivity contribution in [2.45, 2.75) is 13.5 Å². The van der Waals surface area contributed by atoms with Gasteiger partial charge in [-0.05, 0) is 42.0 Å². The van der Waals surface area contributed by atoms with Crippen molar-refractivity contribution in [2.24, 2.45) is 10.7 Å². The zero-order chi connectivity index (χ0) is 19.2. The number of halogens is 1. The first-order valence-electron chi connectivity index (χ1n) is 8.93. The highest BCUT2D eigenvalue weighted by atomic mass is 19.1. The first-order valence-corrected chi connectivity index (χ1v) is 8.93. The summed E-state index contributed by atoms with van der Waals surface area (Å²) in [6.07, 6.45) is 0. The van der Waals surface area contributed by atoms with E-state index in [0.29, 0.717) is 12.5 Å². The fourth-order valence-electron chi connectivity index (χ4n) is 3.07. The van der Waals surface area contributed by atoms with Crippen molar-refractivity contribution in [1.82, 2.24) is 4.90 Å². The maximum Gasteiger partial charge on any atom is 0.221 e. The second-order valence-electron chi connectivity index (χ2n) is 6.51. The molecule has 27 heavy (non-hydrogen) atoms. The molecule has 1 aliphatic rings. The van der Waals surface area contributed by atoms with Gasteiger partial charge in [-0.3, -0.25) is 4.79 Å². The van der Waals surface area contributed by atoms with Crippen molar-refractivity contribution in [3.63, 3.8) is 0 Å². The predicted octanol–water partition coefficient (Wildman–Crippen LogP) is 2.42. The Kier molecular flexibility index (Phi) is 5.90. The normalized spacial score (nSPS) is 15.0. The molecule has 6 nitrogen and oxygen atoms in total. The average Bonchev–Trinajstić information content (AvgIpc) is 2.67. The minimum atomic E-state index is -0.226. The van der Waals surface area contributed by atoms with Crippen molar-refractivity contribution in [3.05, 3.63) is 59.9 Å². The SMILES string of the molecule is CC(=O)Nc1cccc(CN=C(N)N2CCN(c3ccc(F)cc3)CC2)c1. The van der Waals surface area contributed by atoms with E-state index in [2.05, 4.69) is 20.1 Å². The zero-order valence-corrected chi connectivity index (χ0v) is 15.4. The lowest BCUT2D eigenvalue weighted by Gasteiger charge is -2.36. The number of guanidine groups is 1. The van der Waals surface area contributed by atoms with E-state index in [9.17, 15) is 9.18 Å². The number of carbonyl (C=O) groups is 1. The summed E-state index contributed by atoms with van der Waals surface area (Å²) in [7, 11) is 0. The number of carbonyl (C=O) groups excluding carboxylic acids is 1. The summed E-state index contributed by atoms with van der Waals surface area (Å²) in [6, 6.07) is 14.1. The Bertz CT molecular complexity index is 813. The Morgan fingerprint density at radius 1 is 1.15 bits per heavy atom. The van der Waals surface area contributed by atoms with E-state index in [-0.39, 0.29) is 11.7 Å². The summed E-state index contributed by atoms with van der Waals surface area (Å²) in [5.41, 5.74) is 8.90. The van der Waals surface area contributed by atoms with Gasteiger partial charge in [-0.25, -0.2) is 9.38 Å². The molecule has 1 amide bonds. The second kappa shape index (κ2) is 8.53. The molecular weight excluding hydrogens is 345 g/mol. The molecule has 0 unspecified atom stereocenters. The van der Waals surface area contributed by atoms with Crippen LogP contribution in [0.2, 0.25) is 0 Å². The zero-order valence-electron chi connectivity index (χ0n) is 15.4. The molecule has 0 spiro atoms. The van der Waals surface area contributed by atoms with Crippen LogP contribution in [0.15, 0.2) is 53.5 Å². The van der Waals surface area contributed by atoms with Crippen LogP contribution in [0.4, 0.5) is 15.8 Å². The number of nitrogens with zero attached hydrogens (tertiary/aromatic N) is 3. The van der Waals surface area contributed by atoms with Gasteiger partial charge in [0.25, 0.3) is 0 Å². The average molecular weight is 369 g/mol. The van der Waals surface area contributed by atoms with Gasteiger partial charge in [0, 0.05) is 44.5 Å². The largest absolute Gasteiger partial charge is 0.370 e. The van der Waals surface area contributed by atoms with Crippen LogP contribution < -0.4 is 16.0 Å². The minimum Gasteiger partial charge on any atom is -0.370 e. The van der Waals surface area contributed by atoms with Gasteiger partial charge >= 0.3 is 0 Å². The summed E-state index contributed by atoms with van der Waals surface area (Å²) in [5.74, 6) is 0.184. The van der Waals surface area contributed by atoms with Crippen LogP contribution in [0.25, 0.3) is 0 Å². The molecule has 2 aromatic carbocycles. The highest BCUT2D eigenvalue weighted by Crippen LogP contribution is 2.17. The van der Waals surface area contributed by atoms with Gasteiger partial charge in [-0.15, -0.1) is 0 Å². The third-order valence-electron chi connectivity index (χ3n) is 4.47. The number of aliphatic imine (C=N–C) groups is 1. The summed E-state index contributed by atoms with van der Waals surface area (Å²) in [5, 5.41) is 2.76. The maximum absolute atomic E-state index is 13.1.